The number of nitrogens with one attached hydrogen (secondary N) is 1. The Balaban J connectivity index is 1.53. The minimum absolute atomic E-state index is 0.103. The van der Waals surface area contributed by atoms with Crippen LogP contribution < -0.4 is 11.0 Å². The van der Waals surface area contributed by atoms with Crippen LogP contribution in [-0.4, -0.2) is 38.4 Å². The minimum atomic E-state index is -0.496. The van der Waals surface area contributed by atoms with Crippen molar-refractivity contribution in [1.29, 1.82) is 0 Å². The van der Waals surface area contributed by atoms with Gasteiger partial charge < -0.3 is 15.2 Å². The highest BCUT2D eigenvalue weighted by Crippen LogP contribution is 2.30. The Kier molecular flexibility index (Phi) is 16.5. The smallest absolute Gasteiger partial charge is 0.351 e. The fourth-order valence-electron chi connectivity index (χ4n) is 3.45. The van der Waals surface area contributed by atoms with Crippen LogP contribution in [0.15, 0.2) is 90.0 Å². The van der Waals surface area contributed by atoms with Crippen molar-refractivity contribution < 1.29 is 14.6 Å². The topological polar surface area (TPSA) is 93.5 Å². The van der Waals surface area contributed by atoms with Gasteiger partial charge in [0.15, 0.2) is 0 Å². The van der Waals surface area contributed by atoms with Crippen LogP contribution in [0.2, 0.25) is 0 Å². The molecule has 0 aliphatic carbocycles. The first kappa shape index (κ1) is 31.3. The molecule has 206 valence electrons. The van der Waals surface area contributed by atoms with E-state index >= 15 is 0 Å². The Labute approximate surface area is 230 Å². The molecule has 0 saturated carbocycles. The van der Waals surface area contributed by atoms with E-state index < -0.39 is 11.9 Å². The number of anilines is 1. The maximum atomic E-state index is 12.3. The third-order valence-electron chi connectivity index (χ3n) is 5.42. The van der Waals surface area contributed by atoms with Crippen LogP contribution in [0.25, 0.3) is 0 Å². The number of aliphatic hydroxyl groups is 1. The second kappa shape index (κ2) is 20.1. The van der Waals surface area contributed by atoms with E-state index in [4.69, 9.17) is 9.84 Å². The number of hydrogen-bond donors (Lipinski definition) is 2. The summed E-state index contributed by atoms with van der Waals surface area (Å²) in [5, 5.41) is 11.8. The van der Waals surface area contributed by atoms with Crippen molar-refractivity contribution in [2.24, 2.45) is 0 Å². The second-order valence-electron chi connectivity index (χ2n) is 8.54. The summed E-state index contributed by atoms with van der Waals surface area (Å²) in [6.45, 7) is 2.04. The van der Waals surface area contributed by atoms with Gasteiger partial charge in [-0.1, -0.05) is 79.8 Å². The van der Waals surface area contributed by atoms with Gasteiger partial charge in [-0.05, 0) is 51.0 Å². The van der Waals surface area contributed by atoms with Crippen molar-refractivity contribution in [2.45, 2.75) is 70.0 Å². The maximum absolute atomic E-state index is 12.3. The molecule has 0 aromatic carbocycles. The Hall–Kier alpha value is -2.94. The zero-order chi connectivity index (χ0) is 27.3. The van der Waals surface area contributed by atoms with Gasteiger partial charge in [-0.2, -0.15) is 4.98 Å². The first-order valence-electron chi connectivity index (χ1n) is 13.3. The van der Waals surface area contributed by atoms with E-state index in [1.807, 2.05) is 12.2 Å². The number of hydrogen-bond acceptors (Lipinski definition) is 6. The van der Waals surface area contributed by atoms with Crippen LogP contribution >= 0.6 is 11.8 Å². The van der Waals surface area contributed by atoms with Gasteiger partial charge in [-0.3, -0.25) is 9.36 Å². The third-order valence-corrected chi connectivity index (χ3v) is 6.53. The van der Waals surface area contributed by atoms with Crippen molar-refractivity contribution in [2.75, 3.05) is 17.7 Å². The fourth-order valence-corrected chi connectivity index (χ4v) is 4.38. The van der Waals surface area contributed by atoms with Crippen molar-refractivity contribution in [3.8, 4) is 0 Å². The van der Waals surface area contributed by atoms with E-state index in [1.54, 1.807) is 12.3 Å². The SMILES string of the molecule is CC/C=C\C/C=C\C/C=C\C/C=C\C/C=C\C/C=C\CCC(=O)Nc1ccn(C2CS[C@H](CO)O2)c(=O)n1. The van der Waals surface area contributed by atoms with Crippen molar-refractivity contribution in [1.82, 2.24) is 9.55 Å². The largest absolute Gasteiger partial charge is 0.393 e. The molecular weight excluding hydrogens is 498 g/mol. The monoisotopic (exact) mass is 539 g/mol. The van der Waals surface area contributed by atoms with Crippen LogP contribution in [0.3, 0.4) is 0 Å². The predicted molar refractivity (Wildman–Crippen MR) is 158 cm³/mol. The third kappa shape index (κ3) is 13.6. The van der Waals surface area contributed by atoms with Crippen molar-refractivity contribution >= 4 is 23.5 Å². The molecule has 1 unspecified atom stereocenters. The molecule has 0 bridgehead atoms. The molecule has 2 heterocycles. The zero-order valence-corrected chi connectivity index (χ0v) is 23.1. The van der Waals surface area contributed by atoms with E-state index in [9.17, 15) is 9.59 Å². The van der Waals surface area contributed by atoms with Crippen LogP contribution in [0.5, 0.6) is 0 Å². The Morgan fingerprint density at radius 1 is 1.00 bits per heavy atom. The summed E-state index contributed by atoms with van der Waals surface area (Å²) in [6.07, 6.45) is 33.6. The number of rotatable bonds is 17. The van der Waals surface area contributed by atoms with Gasteiger partial charge in [0.1, 0.15) is 17.5 Å². The Morgan fingerprint density at radius 3 is 2.05 bits per heavy atom. The average Bonchev–Trinajstić information content (AvgIpc) is 3.39. The number of aliphatic hydroxyl groups excluding tert-OH is 1. The Bertz CT molecular complexity index is 1060. The molecule has 2 atom stereocenters. The summed E-state index contributed by atoms with van der Waals surface area (Å²) < 4.78 is 6.94. The molecule has 2 rings (SSSR count). The molecule has 1 aliphatic rings. The molecule has 1 amide bonds. The average molecular weight is 540 g/mol. The summed E-state index contributed by atoms with van der Waals surface area (Å²) in [5.74, 6) is 0.593. The van der Waals surface area contributed by atoms with Crippen LogP contribution in [0.1, 0.15) is 64.5 Å². The molecule has 0 radical (unpaired) electrons. The number of nitrogens with zero attached hydrogens (tertiary/aromatic N) is 2. The summed E-state index contributed by atoms with van der Waals surface area (Å²) >= 11 is 1.45. The molecule has 8 heteroatoms. The number of ether oxygens (including phenoxy) is 1. The summed E-state index contributed by atoms with van der Waals surface area (Å²) in [5.41, 5.74) is -0.829. The fraction of sp³-hybridized carbons (Fsp3) is 0.433. The maximum Gasteiger partial charge on any atom is 0.351 e. The summed E-state index contributed by atoms with van der Waals surface area (Å²) in [6, 6.07) is 1.58. The zero-order valence-electron chi connectivity index (χ0n) is 22.3. The highest BCUT2D eigenvalue weighted by atomic mass is 32.2. The molecule has 7 nitrogen and oxygen atoms in total. The molecule has 1 aromatic rings. The van der Waals surface area contributed by atoms with E-state index in [0.717, 1.165) is 38.5 Å². The van der Waals surface area contributed by atoms with E-state index in [2.05, 4.69) is 78.0 Å². The van der Waals surface area contributed by atoms with E-state index in [-0.39, 0.29) is 23.8 Å². The number of aromatic nitrogens is 2. The van der Waals surface area contributed by atoms with Gasteiger partial charge in [0, 0.05) is 18.4 Å². The summed E-state index contributed by atoms with van der Waals surface area (Å²) in [4.78, 5) is 28.3. The first-order chi connectivity index (χ1) is 18.6. The normalized spacial score (nSPS) is 18.5. The van der Waals surface area contributed by atoms with Gasteiger partial charge in [-0.15, -0.1) is 11.8 Å². The van der Waals surface area contributed by atoms with Gasteiger partial charge in [0.25, 0.3) is 0 Å². The quantitative estimate of drug-likeness (QED) is 0.228. The molecular formula is C30H41N3O4S. The lowest BCUT2D eigenvalue weighted by molar-refractivity contribution is -0.116. The number of carbonyl (C=O) groups excluding carboxylic acids is 1. The highest BCUT2D eigenvalue weighted by molar-refractivity contribution is 8.00. The molecule has 1 aliphatic heterocycles. The minimum Gasteiger partial charge on any atom is -0.393 e. The molecule has 2 N–H and O–H groups in total. The molecule has 0 spiro atoms. The Morgan fingerprint density at radius 2 is 1.55 bits per heavy atom. The number of carbonyl (C=O) groups is 1. The van der Waals surface area contributed by atoms with Crippen LogP contribution in [0.4, 0.5) is 5.82 Å². The molecule has 38 heavy (non-hydrogen) atoms. The lowest BCUT2D eigenvalue weighted by Gasteiger charge is -2.14. The van der Waals surface area contributed by atoms with Gasteiger partial charge in [0.05, 0.1) is 6.61 Å². The predicted octanol–water partition coefficient (Wildman–Crippen LogP) is 6.24. The molecule has 1 aromatic heterocycles. The number of allylic oxidation sites excluding steroid dienone is 12. The van der Waals surface area contributed by atoms with E-state index in [1.165, 1.54) is 16.3 Å². The lowest BCUT2D eigenvalue weighted by Crippen LogP contribution is -2.29. The summed E-state index contributed by atoms with van der Waals surface area (Å²) in [7, 11) is 0. The van der Waals surface area contributed by atoms with Crippen LogP contribution in [-0.2, 0) is 9.53 Å². The molecule has 1 saturated heterocycles. The first-order valence-corrected chi connectivity index (χ1v) is 14.4. The van der Waals surface area contributed by atoms with Gasteiger partial charge in [0.2, 0.25) is 5.91 Å². The standard InChI is InChI=1S/C30H41N3O4S/c1-2-3-4-5-6-7-8-9-10-11-12-13-14-15-16-17-18-19-20-21-27(35)31-26-22-23-33(30(36)32-26)28-25-38-29(24-34)37-28/h3-4,6-7,9-10,12-13,15-16,18-19,22-23,28-29,34H,2,5,8,11,14,17,20-21,24-25H2,1H3,(H,31,32,35,36)/b4-3-,7-6-,10-9-,13-12-,16-15-,19-18-/t28?,29-/m1/s1. The van der Waals surface area contributed by atoms with Crippen molar-refractivity contribution in [3.05, 3.63) is 95.7 Å². The number of amides is 1. The van der Waals surface area contributed by atoms with Crippen molar-refractivity contribution in [3.63, 3.8) is 0 Å². The van der Waals surface area contributed by atoms with E-state index in [0.29, 0.717) is 18.6 Å². The van der Waals surface area contributed by atoms with Gasteiger partial charge in [-0.25, -0.2) is 4.79 Å². The highest BCUT2D eigenvalue weighted by Gasteiger charge is 2.27. The molecule has 1 fully saturated rings. The van der Waals surface area contributed by atoms with Crippen LogP contribution in [0, 0.1) is 0 Å². The second-order valence-corrected chi connectivity index (χ2v) is 9.73. The van der Waals surface area contributed by atoms with Gasteiger partial charge >= 0.3 is 5.69 Å². The lowest BCUT2D eigenvalue weighted by atomic mass is 10.2. The number of thioether (sulfide) groups is 1.